The second-order valence-corrected chi connectivity index (χ2v) is 6.33. The van der Waals surface area contributed by atoms with Crippen LogP contribution in [0, 0.1) is 0 Å². The van der Waals surface area contributed by atoms with E-state index in [1.165, 1.54) is 0 Å². The number of halogens is 1. The molecule has 25 heavy (non-hydrogen) atoms. The number of nitrogens with zero attached hydrogens (tertiary/aromatic N) is 3. The first-order chi connectivity index (χ1) is 12.1. The van der Waals surface area contributed by atoms with Crippen LogP contribution in [0.15, 0.2) is 35.0 Å². The second-order valence-electron chi connectivity index (χ2n) is 5.96. The van der Waals surface area contributed by atoms with E-state index in [-0.39, 0.29) is 10.9 Å². The molecule has 7 heteroatoms. The van der Waals surface area contributed by atoms with Gasteiger partial charge in [0.1, 0.15) is 16.5 Å². The van der Waals surface area contributed by atoms with Crippen LogP contribution in [0.1, 0.15) is 13.8 Å². The van der Waals surface area contributed by atoms with Gasteiger partial charge < -0.3 is 14.5 Å². The average molecular weight is 364 g/mol. The molecule has 1 saturated heterocycles. The molecule has 3 rings (SSSR count). The lowest BCUT2D eigenvalue weighted by molar-refractivity contribution is -0.121. The fourth-order valence-corrected chi connectivity index (χ4v) is 3.43. The molecule has 2 aliphatic rings. The lowest BCUT2D eigenvalue weighted by Gasteiger charge is -2.35. The molecule has 0 saturated carbocycles. The van der Waals surface area contributed by atoms with Crippen LogP contribution in [-0.4, -0.2) is 60.9 Å². The van der Waals surface area contributed by atoms with E-state index in [9.17, 15) is 9.59 Å². The number of imide groups is 1. The highest BCUT2D eigenvalue weighted by Gasteiger charge is 2.41. The van der Waals surface area contributed by atoms with E-state index in [0.717, 1.165) is 24.5 Å². The van der Waals surface area contributed by atoms with Gasteiger partial charge in [0, 0.05) is 26.2 Å². The maximum absolute atomic E-state index is 12.9. The summed E-state index contributed by atoms with van der Waals surface area (Å²) in [7, 11) is 0. The summed E-state index contributed by atoms with van der Waals surface area (Å²) in [4.78, 5) is 30.8. The number of carbonyl (C=O) groups is 2. The van der Waals surface area contributed by atoms with Gasteiger partial charge in [0.15, 0.2) is 0 Å². The van der Waals surface area contributed by atoms with E-state index in [2.05, 4.69) is 11.8 Å². The van der Waals surface area contributed by atoms with Crippen LogP contribution in [0.3, 0.4) is 0 Å². The van der Waals surface area contributed by atoms with Gasteiger partial charge in [0.05, 0.1) is 12.3 Å². The lowest BCUT2D eigenvalue weighted by Crippen LogP contribution is -2.47. The molecule has 0 aliphatic carbocycles. The third-order valence-corrected chi connectivity index (χ3v) is 4.89. The Bertz CT molecular complexity index is 694. The summed E-state index contributed by atoms with van der Waals surface area (Å²) in [6.07, 6.45) is 0. The van der Waals surface area contributed by atoms with Gasteiger partial charge in [0.2, 0.25) is 0 Å². The largest absolute Gasteiger partial charge is 0.494 e. The Morgan fingerprint density at radius 3 is 2.20 bits per heavy atom. The number of hydrogen-bond acceptors (Lipinski definition) is 5. The van der Waals surface area contributed by atoms with E-state index in [1.807, 2.05) is 11.8 Å². The van der Waals surface area contributed by atoms with E-state index in [4.69, 9.17) is 16.3 Å². The van der Waals surface area contributed by atoms with Crippen molar-refractivity contribution in [1.29, 1.82) is 0 Å². The van der Waals surface area contributed by atoms with E-state index in [0.29, 0.717) is 36.8 Å². The molecular weight excluding hydrogens is 342 g/mol. The zero-order chi connectivity index (χ0) is 18.0. The fraction of sp³-hybridized carbons (Fsp3) is 0.444. The Morgan fingerprint density at radius 2 is 1.64 bits per heavy atom. The zero-order valence-electron chi connectivity index (χ0n) is 14.5. The molecule has 6 nitrogen and oxygen atoms in total. The van der Waals surface area contributed by atoms with Gasteiger partial charge in [-0.3, -0.25) is 9.59 Å². The van der Waals surface area contributed by atoms with Crippen LogP contribution in [0.5, 0.6) is 5.75 Å². The van der Waals surface area contributed by atoms with Crippen LogP contribution in [0.25, 0.3) is 0 Å². The lowest BCUT2D eigenvalue weighted by atomic mass is 10.2. The third-order valence-electron chi connectivity index (χ3n) is 4.55. The van der Waals surface area contributed by atoms with Crippen molar-refractivity contribution < 1.29 is 14.3 Å². The minimum atomic E-state index is -0.469. The number of anilines is 1. The number of amides is 2. The average Bonchev–Trinajstić information content (AvgIpc) is 2.85. The van der Waals surface area contributed by atoms with Crippen LogP contribution in [0.2, 0.25) is 0 Å². The summed E-state index contributed by atoms with van der Waals surface area (Å²) < 4.78 is 5.40. The van der Waals surface area contributed by atoms with Gasteiger partial charge in [-0.05, 0) is 37.7 Å². The van der Waals surface area contributed by atoms with Crippen molar-refractivity contribution in [1.82, 2.24) is 9.80 Å². The molecule has 0 aromatic heterocycles. The van der Waals surface area contributed by atoms with Crippen molar-refractivity contribution >= 4 is 29.1 Å². The Morgan fingerprint density at radius 1 is 1.00 bits per heavy atom. The minimum absolute atomic E-state index is 0.00355. The van der Waals surface area contributed by atoms with Gasteiger partial charge in [-0.2, -0.15) is 0 Å². The Kier molecular flexibility index (Phi) is 5.30. The SMILES string of the molecule is CCOc1ccc(N2C(=O)C(Cl)=C(N3CCN(CC)CC3)C2=O)cc1. The van der Waals surface area contributed by atoms with Crippen molar-refractivity contribution in [2.24, 2.45) is 0 Å². The highest BCUT2D eigenvalue weighted by atomic mass is 35.5. The third kappa shape index (κ3) is 3.37. The molecule has 0 unspecified atom stereocenters. The first kappa shape index (κ1) is 17.8. The normalized spacial score (nSPS) is 19.2. The molecule has 0 N–H and O–H groups in total. The summed E-state index contributed by atoms with van der Waals surface area (Å²) in [5.41, 5.74) is 0.815. The highest BCUT2D eigenvalue weighted by Crippen LogP contribution is 2.32. The fourth-order valence-electron chi connectivity index (χ4n) is 3.15. The maximum atomic E-state index is 12.9. The molecule has 0 atom stereocenters. The molecule has 2 heterocycles. The molecule has 0 bridgehead atoms. The second kappa shape index (κ2) is 7.45. The van der Waals surface area contributed by atoms with Crippen molar-refractivity contribution in [2.75, 3.05) is 44.2 Å². The van der Waals surface area contributed by atoms with Gasteiger partial charge >= 0.3 is 0 Å². The molecule has 1 fully saturated rings. The molecule has 1 aromatic rings. The van der Waals surface area contributed by atoms with Gasteiger partial charge in [-0.25, -0.2) is 4.90 Å². The molecule has 1 aromatic carbocycles. The predicted molar refractivity (Wildman–Crippen MR) is 96.7 cm³/mol. The topological polar surface area (TPSA) is 53.1 Å². The Balaban J connectivity index is 1.79. The number of ether oxygens (including phenoxy) is 1. The summed E-state index contributed by atoms with van der Waals surface area (Å²) in [5.74, 6) is -0.131. The highest BCUT2D eigenvalue weighted by molar-refractivity contribution is 6.52. The molecular formula is C18H22ClN3O3. The predicted octanol–water partition coefficient (Wildman–Crippen LogP) is 2.05. The van der Waals surface area contributed by atoms with Crippen molar-refractivity contribution in [2.45, 2.75) is 13.8 Å². The summed E-state index contributed by atoms with van der Waals surface area (Å²) in [6, 6.07) is 6.88. The number of piperazine rings is 1. The van der Waals surface area contributed by atoms with Crippen LogP contribution in [-0.2, 0) is 9.59 Å². The summed E-state index contributed by atoms with van der Waals surface area (Å²) >= 11 is 6.24. The smallest absolute Gasteiger partial charge is 0.283 e. The van der Waals surface area contributed by atoms with Crippen molar-refractivity contribution in [3.05, 3.63) is 35.0 Å². The first-order valence-electron chi connectivity index (χ1n) is 8.55. The van der Waals surface area contributed by atoms with Gasteiger partial charge in [0.25, 0.3) is 11.8 Å². The molecule has 0 radical (unpaired) electrons. The molecule has 2 aliphatic heterocycles. The monoisotopic (exact) mass is 363 g/mol. The van der Waals surface area contributed by atoms with E-state index < -0.39 is 5.91 Å². The quantitative estimate of drug-likeness (QED) is 0.749. The van der Waals surface area contributed by atoms with Crippen molar-refractivity contribution in [3.8, 4) is 5.75 Å². The standard InChI is InChI=1S/C18H22ClN3O3/c1-3-20-9-11-21(12-10-20)16-15(19)17(23)22(18(16)24)13-5-7-14(8-6-13)25-4-2/h5-8H,3-4,9-12H2,1-2H3. The summed E-state index contributed by atoms with van der Waals surface area (Å²) in [6.45, 7) is 8.64. The van der Waals surface area contributed by atoms with Gasteiger partial charge in [-0.15, -0.1) is 0 Å². The van der Waals surface area contributed by atoms with E-state index >= 15 is 0 Å². The number of rotatable bonds is 5. The molecule has 2 amide bonds. The number of likely N-dealkylation sites (N-methyl/N-ethyl adjacent to an activating group) is 1. The number of benzene rings is 1. The molecule has 0 spiro atoms. The summed E-state index contributed by atoms with van der Waals surface area (Å²) in [5, 5.41) is 0.00355. The zero-order valence-corrected chi connectivity index (χ0v) is 15.3. The van der Waals surface area contributed by atoms with Crippen molar-refractivity contribution in [3.63, 3.8) is 0 Å². The number of carbonyl (C=O) groups excluding carboxylic acids is 2. The van der Waals surface area contributed by atoms with Gasteiger partial charge in [-0.1, -0.05) is 18.5 Å². The van der Waals surface area contributed by atoms with Crippen LogP contribution >= 0.6 is 11.6 Å². The maximum Gasteiger partial charge on any atom is 0.283 e. The minimum Gasteiger partial charge on any atom is -0.494 e. The number of hydrogen-bond donors (Lipinski definition) is 0. The first-order valence-corrected chi connectivity index (χ1v) is 8.93. The van der Waals surface area contributed by atoms with E-state index in [1.54, 1.807) is 24.3 Å². The Labute approximate surface area is 152 Å². The molecule has 134 valence electrons. The Hall–Kier alpha value is -2.05. The van der Waals surface area contributed by atoms with Crippen LogP contribution < -0.4 is 9.64 Å². The van der Waals surface area contributed by atoms with Crippen LogP contribution in [0.4, 0.5) is 5.69 Å².